The van der Waals surface area contributed by atoms with Crippen molar-refractivity contribution in [2.75, 3.05) is 30.3 Å². The van der Waals surface area contributed by atoms with Gasteiger partial charge in [-0.05, 0) is 61.0 Å². The molecule has 1 fully saturated rings. The van der Waals surface area contributed by atoms with E-state index in [0.29, 0.717) is 30.5 Å². The van der Waals surface area contributed by atoms with Crippen LogP contribution in [0, 0.1) is 5.82 Å². The van der Waals surface area contributed by atoms with Crippen LogP contribution in [0.5, 0.6) is 0 Å². The Balaban J connectivity index is 1.31. The topological polar surface area (TPSA) is 121 Å². The number of rotatable bonds is 7. The van der Waals surface area contributed by atoms with Gasteiger partial charge in [0, 0.05) is 61.3 Å². The number of alkyl halides is 3. The molecule has 46 heavy (non-hydrogen) atoms. The summed E-state index contributed by atoms with van der Waals surface area (Å²) < 4.78 is 56.3. The first-order valence-corrected chi connectivity index (χ1v) is 14.6. The number of nitrogens with zero attached hydrogens (tertiary/aromatic N) is 4. The number of aromatic nitrogens is 3. The van der Waals surface area contributed by atoms with Crippen molar-refractivity contribution in [1.29, 1.82) is 0 Å². The number of hydrogen-bond acceptors (Lipinski definition) is 6. The van der Waals surface area contributed by atoms with E-state index >= 15 is 0 Å². The summed E-state index contributed by atoms with van der Waals surface area (Å²) in [6, 6.07) is 9.60. The van der Waals surface area contributed by atoms with E-state index in [1.807, 2.05) is 0 Å². The Bertz CT molecular complexity index is 1880. The predicted molar refractivity (Wildman–Crippen MR) is 161 cm³/mol. The SMILES string of the molecule is CC1=C(C(=O)Nc2ccc3cnccc3c2)C(c2ccc(C(F)(F)F)c(F)c2)n2nc(C(=O)NCCC(=O)N3CCCC3)cc2N1. The first-order chi connectivity index (χ1) is 22.0. The zero-order chi connectivity index (χ0) is 32.6. The summed E-state index contributed by atoms with van der Waals surface area (Å²) in [4.78, 5) is 45.0. The third kappa shape index (κ3) is 6.14. The first kappa shape index (κ1) is 30.7. The molecule has 0 spiro atoms. The number of carbonyl (C=O) groups excluding carboxylic acids is 3. The number of amides is 3. The lowest BCUT2D eigenvalue weighted by atomic mass is 9.93. The summed E-state index contributed by atoms with van der Waals surface area (Å²) in [5.41, 5.74) is -0.696. The van der Waals surface area contributed by atoms with Crippen LogP contribution in [-0.2, 0) is 15.8 Å². The Morgan fingerprint density at radius 3 is 2.52 bits per heavy atom. The van der Waals surface area contributed by atoms with E-state index < -0.39 is 35.4 Å². The fraction of sp³-hybridized carbons (Fsp3) is 0.281. The number of hydrogen-bond donors (Lipinski definition) is 3. The Morgan fingerprint density at radius 2 is 1.78 bits per heavy atom. The molecule has 0 bridgehead atoms. The second-order valence-electron chi connectivity index (χ2n) is 11.1. The fourth-order valence-electron chi connectivity index (χ4n) is 5.77. The maximum absolute atomic E-state index is 14.9. The van der Waals surface area contributed by atoms with Gasteiger partial charge in [0.2, 0.25) is 5.91 Å². The van der Waals surface area contributed by atoms with Crippen molar-refractivity contribution >= 4 is 40.0 Å². The fourth-order valence-corrected chi connectivity index (χ4v) is 5.77. The number of anilines is 2. The summed E-state index contributed by atoms with van der Waals surface area (Å²) >= 11 is 0. The second kappa shape index (κ2) is 12.3. The molecule has 2 aromatic heterocycles. The van der Waals surface area contributed by atoms with Crippen LogP contribution in [0.4, 0.5) is 29.1 Å². The highest BCUT2D eigenvalue weighted by Crippen LogP contribution is 2.39. The second-order valence-corrected chi connectivity index (χ2v) is 11.1. The van der Waals surface area contributed by atoms with E-state index in [-0.39, 0.29) is 41.5 Å². The molecule has 0 saturated carbocycles. The molecule has 1 atom stereocenters. The highest BCUT2D eigenvalue weighted by molar-refractivity contribution is 6.07. The first-order valence-electron chi connectivity index (χ1n) is 14.6. The Kier molecular flexibility index (Phi) is 8.19. The Hall–Kier alpha value is -5.27. The molecule has 4 aromatic rings. The smallest absolute Gasteiger partial charge is 0.350 e. The molecule has 6 rings (SSSR count). The van der Waals surface area contributed by atoms with Crippen molar-refractivity contribution in [1.82, 2.24) is 25.0 Å². The lowest BCUT2D eigenvalue weighted by molar-refractivity contribution is -0.140. The molecule has 4 heterocycles. The Labute approximate surface area is 260 Å². The maximum atomic E-state index is 14.9. The van der Waals surface area contributed by atoms with E-state index in [4.69, 9.17) is 0 Å². The van der Waals surface area contributed by atoms with E-state index in [2.05, 4.69) is 26.0 Å². The predicted octanol–water partition coefficient (Wildman–Crippen LogP) is 5.26. The van der Waals surface area contributed by atoms with Gasteiger partial charge in [-0.15, -0.1) is 0 Å². The quantitative estimate of drug-likeness (QED) is 0.239. The van der Waals surface area contributed by atoms with Crippen molar-refractivity contribution in [2.45, 2.75) is 38.4 Å². The third-order valence-corrected chi connectivity index (χ3v) is 8.05. The van der Waals surface area contributed by atoms with Gasteiger partial charge >= 0.3 is 6.18 Å². The zero-order valence-electron chi connectivity index (χ0n) is 24.6. The highest BCUT2D eigenvalue weighted by atomic mass is 19.4. The van der Waals surface area contributed by atoms with Gasteiger partial charge < -0.3 is 20.9 Å². The number of halogens is 4. The number of allylic oxidation sites excluding steroid dienone is 1. The van der Waals surface area contributed by atoms with Crippen LogP contribution in [0.25, 0.3) is 10.8 Å². The van der Waals surface area contributed by atoms with Crippen LogP contribution in [0.3, 0.4) is 0 Å². The number of benzene rings is 2. The van der Waals surface area contributed by atoms with Crippen molar-refractivity contribution in [3.8, 4) is 0 Å². The van der Waals surface area contributed by atoms with Gasteiger partial charge in [-0.1, -0.05) is 12.1 Å². The molecule has 2 aliphatic heterocycles. The Morgan fingerprint density at radius 1 is 1.00 bits per heavy atom. The van der Waals surface area contributed by atoms with Gasteiger partial charge in [-0.25, -0.2) is 9.07 Å². The van der Waals surface area contributed by atoms with Gasteiger partial charge in [0.25, 0.3) is 11.8 Å². The lowest BCUT2D eigenvalue weighted by Crippen LogP contribution is -2.33. The number of likely N-dealkylation sites (tertiary alicyclic amines) is 1. The van der Waals surface area contributed by atoms with Crippen molar-refractivity contribution in [3.05, 3.63) is 94.8 Å². The van der Waals surface area contributed by atoms with Gasteiger partial charge in [-0.3, -0.25) is 19.4 Å². The van der Waals surface area contributed by atoms with Crippen LogP contribution in [0.2, 0.25) is 0 Å². The average Bonchev–Trinajstić information content (AvgIpc) is 3.70. The molecule has 238 valence electrons. The minimum absolute atomic E-state index is 0.00797. The molecule has 1 saturated heterocycles. The molecule has 0 radical (unpaired) electrons. The zero-order valence-corrected chi connectivity index (χ0v) is 24.6. The standard InChI is InChI=1S/C32H29F4N7O3/c1-18-28(31(46)40-22-6-4-21-17-37-10-8-19(21)14-22)29(20-5-7-23(24(33)15-20)32(34,35)36)43-26(39-18)16-25(41-43)30(45)38-11-9-27(44)42-12-2-3-13-42/h4-8,10,14-17,29,39H,2-3,9,11-13H2,1H3,(H,38,45)(H,40,46). The van der Waals surface area contributed by atoms with E-state index in [1.165, 1.54) is 10.7 Å². The summed E-state index contributed by atoms with van der Waals surface area (Å²) in [5.74, 6) is -2.53. The summed E-state index contributed by atoms with van der Waals surface area (Å²) in [6.45, 7) is 3.05. The van der Waals surface area contributed by atoms with Crippen molar-refractivity contribution in [2.24, 2.45) is 0 Å². The van der Waals surface area contributed by atoms with Crippen LogP contribution in [0.1, 0.15) is 53.8 Å². The van der Waals surface area contributed by atoms with Crippen LogP contribution in [-0.4, -0.2) is 57.0 Å². The average molecular weight is 636 g/mol. The summed E-state index contributed by atoms with van der Waals surface area (Å²) in [6.07, 6.45) is 0.366. The number of nitrogens with one attached hydrogen (secondary N) is 3. The summed E-state index contributed by atoms with van der Waals surface area (Å²) in [5, 5.41) is 14.6. The molecule has 1 unspecified atom stereocenters. The molecule has 2 aliphatic rings. The molecular weight excluding hydrogens is 606 g/mol. The van der Waals surface area contributed by atoms with Crippen molar-refractivity contribution < 1.29 is 31.9 Å². The van der Waals surface area contributed by atoms with Crippen LogP contribution >= 0.6 is 0 Å². The molecule has 3 N–H and O–H groups in total. The number of carbonyl (C=O) groups is 3. The van der Waals surface area contributed by atoms with Gasteiger partial charge in [0.1, 0.15) is 17.7 Å². The van der Waals surface area contributed by atoms with Crippen molar-refractivity contribution in [3.63, 3.8) is 0 Å². The molecule has 10 nitrogen and oxygen atoms in total. The van der Waals surface area contributed by atoms with E-state index in [1.54, 1.807) is 48.5 Å². The van der Waals surface area contributed by atoms with Crippen LogP contribution in [0.15, 0.2) is 72.2 Å². The molecule has 14 heteroatoms. The molecule has 0 aliphatic carbocycles. The third-order valence-electron chi connectivity index (χ3n) is 8.05. The minimum atomic E-state index is -4.92. The highest BCUT2D eigenvalue weighted by Gasteiger charge is 2.38. The molecular formula is C32H29F4N7O3. The normalized spacial score (nSPS) is 16.3. The largest absolute Gasteiger partial charge is 0.419 e. The number of pyridine rings is 1. The van der Waals surface area contributed by atoms with Crippen LogP contribution < -0.4 is 16.0 Å². The minimum Gasteiger partial charge on any atom is -0.350 e. The number of fused-ring (bicyclic) bond motifs is 2. The van der Waals surface area contributed by atoms with Gasteiger partial charge in [0.05, 0.1) is 11.1 Å². The van der Waals surface area contributed by atoms with Gasteiger partial charge in [-0.2, -0.15) is 18.3 Å². The summed E-state index contributed by atoms with van der Waals surface area (Å²) in [7, 11) is 0. The maximum Gasteiger partial charge on any atom is 0.419 e. The monoisotopic (exact) mass is 635 g/mol. The molecule has 3 amide bonds. The van der Waals surface area contributed by atoms with Gasteiger partial charge in [0.15, 0.2) is 5.69 Å². The van der Waals surface area contributed by atoms with E-state index in [9.17, 15) is 31.9 Å². The molecule has 2 aromatic carbocycles. The lowest BCUT2D eigenvalue weighted by Gasteiger charge is -2.30. The van der Waals surface area contributed by atoms with E-state index in [0.717, 1.165) is 35.7 Å².